The molecule has 0 bridgehead atoms. The SMILES string of the molecule is CC1Cn2c3ccccc3c3c(=O)c(C(=O)O)cn1c32. The summed E-state index contributed by atoms with van der Waals surface area (Å²) in [6, 6.07) is 7.80. The van der Waals surface area contributed by atoms with Gasteiger partial charge in [-0.1, -0.05) is 18.2 Å². The molecule has 100 valence electrons. The number of hydrogen-bond donors (Lipinski definition) is 1. The minimum absolute atomic E-state index is 0.149. The first-order chi connectivity index (χ1) is 9.59. The second-order valence-electron chi connectivity index (χ2n) is 5.26. The maximum atomic E-state index is 12.5. The summed E-state index contributed by atoms with van der Waals surface area (Å²) in [4.78, 5) is 23.8. The molecule has 1 atom stereocenters. The van der Waals surface area contributed by atoms with Gasteiger partial charge in [-0.3, -0.25) is 4.79 Å². The number of carboxylic acid groups (broad SMARTS) is 1. The van der Waals surface area contributed by atoms with Gasteiger partial charge in [0.2, 0.25) is 5.43 Å². The number of fused-ring (bicyclic) bond motifs is 3. The summed E-state index contributed by atoms with van der Waals surface area (Å²) in [6.07, 6.45) is 1.47. The Morgan fingerprint density at radius 3 is 2.85 bits per heavy atom. The number of hydrogen-bond acceptors (Lipinski definition) is 2. The van der Waals surface area contributed by atoms with Crippen LogP contribution in [0.3, 0.4) is 0 Å². The molecule has 3 heterocycles. The van der Waals surface area contributed by atoms with Gasteiger partial charge >= 0.3 is 5.97 Å². The van der Waals surface area contributed by atoms with Gasteiger partial charge in [0.05, 0.1) is 16.9 Å². The second-order valence-corrected chi connectivity index (χ2v) is 5.26. The monoisotopic (exact) mass is 268 g/mol. The smallest absolute Gasteiger partial charge is 0.341 e. The minimum Gasteiger partial charge on any atom is -0.477 e. The highest BCUT2D eigenvalue weighted by atomic mass is 16.4. The Morgan fingerprint density at radius 1 is 1.35 bits per heavy atom. The standard InChI is InChI=1S/C15H12N2O3/c1-8-6-17-11-5-3-2-4-9(11)12-13(18)10(15(19)20)7-16(8)14(12)17/h2-5,7-8H,6H2,1H3,(H,19,20). The molecule has 1 aliphatic rings. The highest BCUT2D eigenvalue weighted by molar-refractivity contribution is 6.09. The maximum absolute atomic E-state index is 12.5. The van der Waals surface area contributed by atoms with Crippen LogP contribution in [0.1, 0.15) is 23.3 Å². The number of para-hydroxylation sites is 1. The van der Waals surface area contributed by atoms with Crippen molar-refractivity contribution in [3.05, 3.63) is 46.2 Å². The molecule has 0 spiro atoms. The average molecular weight is 268 g/mol. The lowest BCUT2D eigenvalue weighted by Gasteiger charge is -2.09. The van der Waals surface area contributed by atoms with Crippen molar-refractivity contribution in [2.75, 3.05) is 0 Å². The van der Waals surface area contributed by atoms with Gasteiger partial charge in [0, 0.05) is 18.1 Å². The highest BCUT2D eigenvalue weighted by Crippen LogP contribution is 2.34. The van der Waals surface area contributed by atoms with E-state index in [9.17, 15) is 14.7 Å². The lowest BCUT2D eigenvalue weighted by molar-refractivity contribution is 0.0695. The maximum Gasteiger partial charge on any atom is 0.341 e. The second kappa shape index (κ2) is 3.50. The molecule has 3 aromatic rings. The van der Waals surface area contributed by atoms with E-state index in [1.54, 1.807) is 0 Å². The largest absolute Gasteiger partial charge is 0.477 e. The first-order valence-electron chi connectivity index (χ1n) is 6.49. The molecule has 0 fully saturated rings. The Morgan fingerprint density at radius 2 is 2.10 bits per heavy atom. The fraction of sp³-hybridized carbons (Fsp3) is 0.200. The van der Waals surface area contributed by atoms with Gasteiger partial charge in [0.15, 0.2) is 0 Å². The van der Waals surface area contributed by atoms with Gasteiger partial charge in [0.25, 0.3) is 0 Å². The van der Waals surface area contributed by atoms with Crippen LogP contribution in [0.5, 0.6) is 0 Å². The molecular formula is C15H12N2O3. The van der Waals surface area contributed by atoms with E-state index in [1.807, 2.05) is 35.8 Å². The van der Waals surface area contributed by atoms with E-state index in [1.165, 1.54) is 6.20 Å². The zero-order valence-corrected chi connectivity index (χ0v) is 10.8. The van der Waals surface area contributed by atoms with Crippen LogP contribution in [-0.4, -0.2) is 20.2 Å². The van der Waals surface area contributed by atoms with Gasteiger partial charge in [-0.25, -0.2) is 4.79 Å². The van der Waals surface area contributed by atoms with Gasteiger partial charge in [-0.05, 0) is 13.0 Å². The average Bonchev–Trinajstić information content (AvgIpc) is 2.91. The third-order valence-corrected chi connectivity index (χ3v) is 4.08. The number of aromatic nitrogens is 2. The molecule has 1 unspecified atom stereocenters. The van der Waals surface area contributed by atoms with Crippen LogP contribution < -0.4 is 5.43 Å². The van der Waals surface area contributed by atoms with Crippen molar-refractivity contribution in [3.8, 4) is 0 Å². The van der Waals surface area contributed by atoms with Crippen molar-refractivity contribution in [1.29, 1.82) is 0 Å². The number of aromatic carboxylic acids is 1. The molecule has 20 heavy (non-hydrogen) atoms. The summed E-state index contributed by atoms with van der Waals surface area (Å²) in [6.45, 7) is 2.78. The summed E-state index contributed by atoms with van der Waals surface area (Å²) in [5.41, 5.74) is 1.26. The van der Waals surface area contributed by atoms with Crippen LogP contribution in [0.15, 0.2) is 35.3 Å². The summed E-state index contributed by atoms with van der Waals surface area (Å²) in [5.74, 6) is -1.17. The van der Waals surface area contributed by atoms with Gasteiger partial charge in [-0.2, -0.15) is 0 Å². The number of carboxylic acids is 1. The first kappa shape index (κ1) is 11.3. The third kappa shape index (κ3) is 1.17. The van der Waals surface area contributed by atoms with Gasteiger partial charge < -0.3 is 14.2 Å². The van der Waals surface area contributed by atoms with Gasteiger partial charge in [0.1, 0.15) is 11.2 Å². The molecule has 4 rings (SSSR count). The van der Waals surface area contributed by atoms with E-state index < -0.39 is 11.4 Å². The number of rotatable bonds is 1. The summed E-state index contributed by atoms with van der Waals surface area (Å²) in [5, 5.41) is 10.6. The molecule has 0 saturated heterocycles. The molecule has 5 heteroatoms. The van der Waals surface area contributed by atoms with E-state index >= 15 is 0 Å². The fourth-order valence-electron chi connectivity index (χ4n) is 3.20. The Bertz CT molecular complexity index is 949. The number of nitrogens with zero attached hydrogens (tertiary/aromatic N) is 2. The molecule has 1 N–H and O–H groups in total. The molecule has 1 aromatic carbocycles. The van der Waals surface area contributed by atoms with Crippen molar-refractivity contribution in [1.82, 2.24) is 9.13 Å². The molecule has 1 aliphatic heterocycles. The van der Waals surface area contributed by atoms with Crippen LogP contribution >= 0.6 is 0 Å². The molecule has 2 aromatic heterocycles. The van der Waals surface area contributed by atoms with Crippen molar-refractivity contribution < 1.29 is 9.90 Å². The zero-order chi connectivity index (χ0) is 14.0. The molecule has 0 aliphatic carbocycles. The predicted octanol–water partition coefficient (Wildman–Crippen LogP) is 2.23. The van der Waals surface area contributed by atoms with Crippen LogP contribution in [-0.2, 0) is 6.54 Å². The van der Waals surface area contributed by atoms with Crippen molar-refractivity contribution >= 4 is 27.9 Å². The van der Waals surface area contributed by atoms with Crippen molar-refractivity contribution in [2.45, 2.75) is 19.5 Å². The van der Waals surface area contributed by atoms with E-state index in [4.69, 9.17) is 0 Å². The van der Waals surface area contributed by atoms with E-state index in [0.29, 0.717) is 5.39 Å². The molecule has 0 radical (unpaired) electrons. The van der Waals surface area contributed by atoms with Crippen LogP contribution in [0.2, 0.25) is 0 Å². The van der Waals surface area contributed by atoms with E-state index in [2.05, 4.69) is 4.57 Å². The van der Waals surface area contributed by atoms with Crippen molar-refractivity contribution in [3.63, 3.8) is 0 Å². The quantitative estimate of drug-likeness (QED) is 0.736. The summed E-state index contributed by atoms with van der Waals surface area (Å²) >= 11 is 0. The topological polar surface area (TPSA) is 64.2 Å². The van der Waals surface area contributed by atoms with E-state index in [-0.39, 0.29) is 11.6 Å². The Hall–Kier alpha value is -2.56. The highest BCUT2D eigenvalue weighted by Gasteiger charge is 2.27. The lowest BCUT2D eigenvalue weighted by Crippen LogP contribution is -2.18. The van der Waals surface area contributed by atoms with Crippen LogP contribution in [0.25, 0.3) is 21.9 Å². The molecule has 0 amide bonds. The Balaban J connectivity index is 2.35. The summed E-state index contributed by atoms with van der Waals surface area (Å²) < 4.78 is 4.00. The fourth-order valence-corrected chi connectivity index (χ4v) is 3.20. The number of carbonyl (C=O) groups is 1. The molecular weight excluding hydrogens is 256 g/mol. The van der Waals surface area contributed by atoms with Gasteiger partial charge in [-0.15, -0.1) is 0 Å². The lowest BCUT2D eigenvalue weighted by atomic mass is 10.1. The normalized spacial score (nSPS) is 17.1. The van der Waals surface area contributed by atoms with Crippen molar-refractivity contribution in [2.24, 2.45) is 0 Å². The first-order valence-corrected chi connectivity index (χ1v) is 6.49. The molecule has 5 nitrogen and oxygen atoms in total. The Labute approximate surface area is 113 Å². The minimum atomic E-state index is -1.17. The van der Waals surface area contributed by atoms with Crippen LogP contribution in [0.4, 0.5) is 0 Å². The third-order valence-electron chi connectivity index (χ3n) is 4.08. The predicted molar refractivity (Wildman–Crippen MR) is 75.4 cm³/mol. The Kier molecular flexibility index (Phi) is 1.98. The van der Waals surface area contributed by atoms with Crippen LogP contribution in [0, 0.1) is 0 Å². The number of pyridine rings is 1. The van der Waals surface area contributed by atoms with E-state index in [0.717, 1.165) is 23.1 Å². The summed E-state index contributed by atoms with van der Waals surface area (Å²) in [7, 11) is 0. The molecule has 0 saturated carbocycles. The number of benzene rings is 1. The zero-order valence-electron chi connectivity index (χ0n) is 10.8.